The average molecular weight is 510 g/mol. The molecule has 1 aliphatic rings. The van der Waals surface area contributed by atoms with Gasteiger partial charge in [0.25, 0.3) is 5.91 Å². The van der Waals surface area contributed by atoms with E-state index in [9.17, 15) is 14.4 Å². The summed E-state index contributed by atoms with van der Waals surface area (Å²) in [6.07, 6.45) is 4.14. The quantitative estimate of drug-likeness (QED) is 0.350. The van der Waals surface area contributed by atoms with Crippen molar-refractivity contribution in [2.45, 2.75) is 44.4 Å². The molecule has 0 unspecified atom stereocenters. The van der Waals surface area contributed by atoms with E-state index in [2.05, 4.69) is 15.6 Å². The highest BCUT2D eigenvalue weighted by Crippen LogP contribution is 2.37. The van der Waals surface area contributed by atoms with Crippen LogP contribution in [0, 0.1) is 5.92 Å². The zero-order valence-electron chi connectivity index (χ0n) is 19.7. The van der Waals surface area contributed by atoms with Crippen molar-refractivity contribution >= 4 is 35.1 Å². The van der Waals surface area contributed by atoms with Crippen molar-refractivity contribution in [3.8, 4) is 11.5 Å². The van der Waals surface area contributed by atoms with Crippen LogP contribution in [0.5, 0.6) is 0 Å². The van der Waals surface area contributed by atoms with Crippen molar-refractivity contribution in [3.63, 3.8) is 0 Å². The lowest BCUT2D eigenvalue weighted by Crippen LogP contribution is -2.28. The summed E-state index contributed by atoms with van der Waals surface area (Å²) in [5.41, 5.74) is 2.56. The first-order valence-electron chi connectivity index (χ1n) is 12.0. The first kappa shape index (κ1) is 25.4. The molecule has 1 saturated carbocycles. The molecule has 8 nitrogen and oxygen atoms in total. The molecule has 3 N–H and O–H groups in total. The summed E-state index contributed by atoms with van der Waals surface area (Å²) < 4.78 is 5.39. The topological polar surface area (TPSA) is 122 Å². The first-order chi connectivity index (χ1) is 17.4. The van der Waals surface area contributed by atoms with Crippen LogP contribution in [0.15, 0.2) is 59.0 Å². The Morgan fingerprint density at radius 2 is 1.69 bits per heavy atom. The van der Waals surface area contributed by atoms with Gasteiger partial charge in [-0.1, -0.05) is 30.3 Å². The number of carbonyl (C=O) groups excluding carboxylic acids is 2. The monoisotopic (exact) mass is 509 g/mol. The number of aromatic nitrogens is 1. The van der Waals surface area contributed by atoms with Gasteiger partial charge in [-0.25, -0.2) is 4.98 Å². The number of oxazole rings is 1. The number of carbonyl (C=O) groups is 3. The molecule has 36 heavy (non-hydrogen) atoms. The molecule has 2 amide bonds. The number of hydrogen-bond donors (Lipinski definition) is 3. The number of amides is 2. The van der Waals surface area contributed by atoms with Crippen LogP contribution in [0.3, 0.4) is 0 Å². The highest BCUT2D eigenvalue weighted by atomic mass is 35.5. The third-order valence-electron chi connectivity index (χ3n) is 6.44. The van der Waals surface area contributed by atoms with Crippen molar-refractivity contribution < 1.29 is 23.9 Å². The van der Waals surface area contributed by atoms with Crippen LogP contribution in [0.25, 0.3) is 11.5 Å². The number of carboxylic acid groups (broad SMARTS) is 1. The number of nitrogens with zero attached hydrogens (tertiary/aromatic N) is 1. The van der Waals surface area contributed by atoms with Gasteiger partial charge in [0.05, 0.1) is 0 Å². The van der Waals surface area contributed by atoms with Crippen LogP contribution >= 0.6 is 11.6 Å². The molecule has 1 aliphatic carbocycles. The number of halogens is 1. The summed E-state index contributed by atoms with van der Waals surface area (Å²) in [4.78, 5) is 39.8. The van der Waals surface area contributed by atoms with Gasteiger partial charge < -0.3 is 20.2 Å². The summed E-state index contributed by atoms with van der Waals surface area (Å²) in [5.74, 6) is -0.531. The summed E-state index contributed by atoms with van der Waals surface area (Å²) in [6.45, 7) is 0.117. The second-order valence-corrected chi connectivity index (χ2v) is 9.34. The number of anilines is 1. The average Bonchev–Trinajstić information content (AvgIpc) is 3.27. The van der Waals surface area contributed by atoms with E-state index >= 15 is 0 Å². The van der Waals surface area contributed by atoms with Crippen LogP contribution in [-0.4, -0.2) is 34.4 Å². The first-order valence-corrected chi connectivity index (χ1v) is 12.4. The fourth-order valence-corrected chi connectivity index (χ4v) is 4.73. The van der Waals surface area contributed by atoms with Crippen molar-refractivity contribution in [2.24, 2.45) is 5.92 Å². The molecule has 188 valence electrons. The Morgan fingerprint density at radius 1 is 1.00 bits per heavy atom. The lowest BCUT2D eigenvalue weighted by molar-refractivity contribution is -0.138. The van der Waals surface area contributed by atoms with E-state index in [1.54, 1.807) is 12.1 Å². The zero-order chi connectivity index (χ0) is 25.5. The Labute approximate surface area is 214 Å². The minimum absolute atomic E-state index is 0.0245. The number of benzene rings is 2. The van der Waals surface area contributed by atoms with Crippen molar-refractivity contribution in [3.05, 3.63) is 71.1 Å². The summed E-state index contributed by atoms with van der Waals surface area (Å²) >= 11 is 6.04. The zero-order valence-corrected chi connectivity index (χ0v) is 20.5. The molecule has 1 heterocycles. The minimum Gasteiger partial charge on any atom is -0.481 e. The van der Waals surface area contributed by atoms with Gasteiger partial charge in [0, 0.05) is 30.6 Å². The Balaban J connectivity index is 1.21. The molecule has 4 rings (SSSR count). The molecule has 9 heteroatoms. The molecule has 0 saturated heterocycles. The standard InChI is InChI=1S/C27H28ClN3O5/c28-25-24(31-27(36-25)20-4-2-1-3-5-20)26(35)29-15-14-22(32)30-21-12-10-19(11-13-21)18-8-6-17(7-9-18)16-23(33)34/h1-5,10-13,17-18H,6-9,14-16H2,(H,29,35)(H,30,32)(H,33,34). The third kappa shape index (κ3) is 6.73. The number of nitrogens with one attached hydrogen (secondary N) is 2. The molecule has 2 aromatic carbocycles. The van der Waals surface area contributed by atoms with Crippen molar-refractivity contribution in [1.29, 1.82) is 0 Å². The maximum atomic E-state index is 12.4. The molecule has 0 atom stereocenters. The molecular weight excluding hydrogens is 482 g/mol. The van der Waals surface area contributed by atoms with E-state index in [0.717, 1.165) is 25.7 Å². The van der Waals surface area contributed by atoms with Gasteiger partial charge in [0.1, 0.15) is 0 Å². The SMILES string of the molecule is O=C(O)CC1CCC(c2ccc(NC(=O)CCNC(=O)c3nc(-c4ccccc4)oc3Cl)cc2)CC1. The van der Waals surface area contributed by atoms with E-state index in [0.29, 0.717) is 17.2 Å². The van der Waals surface area contributed by atoms with Gasteiger partial charge in [-0.15, -0.1) is 0 Å². The summed E-state index contributed by atoms with van der Waals surface area (Å²) in [6, 6.07) is 16.9. The fraction of sp³-hybridized carbons (Fsp3) is 0.333. The number of aliphatic carboxylic acids is 1. The van der Waals surface area contributed by atoms with Crippen LogP contribution in [0.2, 0.25) is 5.22 Å². The molecule has 1 aromatic heterocycles. The molecule has 0 radical (unpaired) electrons. The Bertz CT molecular complexity index is 1200. The second-order valence-electron chi connectivity index (χ2n) is 9.00. The Hall–Kier alpha value is -3.65. The van der Waals surface area contributed by atoms with Gasteiger partial charge in [0.15, 0.2) is 5.69 Å². The predicted molar refractivity (Wildman–Crippen MR) is 136 cm³/mol. The number of carboxylic acids is 1. The predicted octanol–water partition coefficient (Wildman–Crippen LogP) is 5.50. The summed E-state index contributed by atoms with van der Waals surface area (Å²) in [5, 5.41) is 14.3. The molecule has 1 fully saturated rings. The molecule has 3 aromatic rings. The molecular formula is C27H28ClN3O5. The smallest absolute Gasteiger partial charge is 0.303 e. The van der Waals surface area contributed by atoms with Gasteiger partial charge >= 0.3 is 5.97 Å². The van der Waals surface area contributed by atoms with Gasteiger partial charge in [-0.3, -0.25) is 14.4 Å². The lowest BCUT2D eigenvalue weighted by Gasteiger charge is -2.28. The number of rotatable bonds is 9. The van der Waals surface area contributed by atoms with Gasteiger partial charge in [-0.2, -0.15) is 0 Å². The van der Waals surface area contributed by atoms with Gasteiger partial charge in [0.2, 0.25) is 17.0 Å². The molecule has 0 bridgehead atoms. The largest absolute Gasteiger partial charge is 0.481 e. The molecule has 0 spiro atoms. The third-order valence-corrected chi connectivity index (χ3v) is 6.69. The fourth-order valence-electron chi connectivity index (χ4n) is 4.53. The van der Waals surface area contributed by atoms with E-state index in [-0.39, 0.29) is 48.0 Å². The second kappa shape index (κ2) is 11.9. The van der Waals surface area contributed by atoms with Gasteiger partial charge in [-0.05, 0) is 78.9 Å². The van der Waals surface area contributed by atoms with Crippen LogP contribution in [0.1, 0.15) is 60.5 Å². The van der Waals surface area contributed by atoms with Crippen LogP contribution in [0.4, 0.5) is 5.69 Å². The van der Waals surface area contributed by atoms with Crippen LogP contribution in [-0.2, 0) is 9.59 Å². The molecule has 0 aliphatic heterocycles. The lowest BCUT2D eigenvalue weighted by atomic mass is 9.77. The highest BCUT2D eigenvalue weighted by Gasteiger charge is 2.24. The minimum atomic E-state index is -0.725. The highest BCUT2D eigenvalue weighted by molar-refractivity contribution is 6.31. The summed E-state index contributed by atoms with van der Waals surface area (Å²) in [7, 11) is 0. The van der Waals surface area contributed by atoms with Crippen molar-refractivity contribution in [2.75, 3.05) is 11.9 Å². The van der Waals surface area contributed by atoms with Crippen molar-refractivity contribution in [1.82, 2.24) is 10.3 Å². The maximum absolute atomic E-state index is 12.4. The van der Waals surface area contributed by atoms with Crippen LogP contribution < -0.4 is 10.6 Å². The normalized spacial score (nSPS) is 17.4. The Kier molecular flexibility index (Phi) is 8.38. The van der Waals surface area contributed by atoms with E-state index in [4.69, 9.17) is 21.1 Å². The van der Waals surface area contributed by atoms with E-state index in [1.807, 2.05) is 42.5 Å². The maximum Gasteiger partial charge on any atom is 0.303 e. The van der Waals surface area contributed by atoms with E-state index < -0.39 is 11.9 Å². The van der Waals surface area contributed by atoms with E-state index in [1.165, 1.54) is 5.56 Å². The number of hydrogen-bond acceptors (Lipinski definition) is 5. The Morgan fingerprint density at radius 3 is 2.36 bits per heavy atom.